The van der Waals surface area contributed by atoms with Crippen molar-refractivity contribution < 1.29 is 42.2 Å². The van der Waals surface area contributed by atoms with Crippen molar-refractivity contribution in [3.8, 4) is 0 Å². The molecule has 0 unspecified atom stereocenters. The van der Waals surface area contributed by atoms with E-state index in [0.717, 1.165) is 19.3 Å². The quantitative estimate of drug-likeness (QED) is 0.319. The van der Waals surface area contributed by atoms with Crippen LogP contribution in [0.3, 0.4) is 0 Å². The molecular formula is C24H25F3N2O6. The zero-order chi connectivity index (χ0) is 26.2. The lowest BCUT2D eigenvalue weighted by Gasteiger charge is -2.20. The number of nitrogens with one attached hydrogen (secondary N) is 1. The molecule has 0 spiro atoms. The summed E-state index contributed by atoms with van der Waals surface area (Å²) in [4.78, 5) is 45.8. The number of alkyl halides is 3. The summed E-state index contributed by atoms with van der Waals surface area (Å²) in [6.45, 7) is 2.60. The van der Waals surface area contributed by atoms with E-state index in [9.17, 15) is 27.6 Å². The lowest BCUT2D eigenvalue weighted by atomic mass is 9.83. The van der Waals surface area contributed by atoms with E-state index < -0.39 is 24.2 Å². The maximum absolute atomic E-state index is 12.9. The Morgan fingerprint density at radius 1 is 0.971 bits per heavy atom. The second-order valence-electron chi connectivity index (χ2n) is 7.68. The summed E-state index contributed by atoms with van der Waals surface area (Å²) in [5, 5.41) is 10.4. The van der Waals surface area contributed by atoms with Gasteiger partial charge in [0.1, 0.15) is 6.04 Å². The van der Waals surface area contributed by atoms with Crippen LogP contribution in [0, 0.1) is 0 Å². The van der Waals surface area contributed by atoms with Gasteiger partial charge in [0.2, 0.25) is 0 Å². The molecule has 11 heteroatoms. The van der Waals surface area contributed by atoms with Crippen molar-refractivity contribution in [2.24, 2.45) is 5.73 Å². The number of aliphatic carboxylic acids is 1. The van der Waals surface area contributed by atoms with Crippen LogP contribution in [0.1, 0.15) is 58.0 Å². The number of carbonyl (C=O) groups excluding carboxylic acids is 3. The number of carboxylic acids is 1. The van der Waals surface area contributed by atoms with Gasteiger partial charge in [-0.1, -0.05) is 36.4 Å². The van der Waals surface area contributed by atoms with Crippen LogP contribution in [0.4, 0.5) is 18.9 Å². The zero-order valence-electron chi connectivity index (χ0n) is 18.9. The second-order valence-corrected chi connectivity index (χ2v) is 7.68. The number of unbranched alkanes of at least 4 members (excludes halogenated alkanes) is 2. The molecule has 8 nitrogen and oxygen atoms in total. The van der Waals surface area contributed by atoms with Crippen LogP contribution in [0.15, 0.2) is 42.5 Å². The first-order valence-corrected chi connectivity index (χ1v) is 10.7. The molecule has 1 aliphatic carbocycles. The highest BCUT2D eigenvalue weighted by molar-refractivity contribution is 6.30. The Labute approximate surface area is 199 Å². The van der Waals surface area contributed by atoms with Gasteiger partial charge in [-0.15, -0.1) is 0 Å². The van der Waals surface area contributed by atoms with Gasteiger partial charge in [0, 0.05) is 28.9 Å². The Morgan fingerprint density at radius 3 is 2.11 bits per heavy atom. The molecule has 35 heavy (non-hydrogen) atoms. The Balaban J connectivity index is 0.000000540. The third-order valence-electron chi connectivity index (χ3n) is 4.95. The zero-order valence-corrected chi connectivity index (χ0v) is 18.9. The molecule has 0 radical (unpaired) electrons. The van der Waals surface area contributed by atoms with Crippen LogP contribution in [0.2, 0.25) is 0 Å². The molecule has 0 saturated carbocycles. The highest BCUT2D eigenvalue weighted by Crippen LogP contribution is 2.31. The summed E-state index contributed by atoms with van der Waals surface area (Å²) in [6.07, 6.45) is -2.63. The second kappa shape index (κ2) is 12.1. The van der Waals surface area contributed by atoms with E-state index in [4.69, 9.17) is 20.4 Å². The van der Waals surface area contributed by atoms with Crippen molar-refractivity contribution in [3.05, 3.63) is 64.7 Å². The average molecular weight is 494 g/mol. The normalized spacial score (nSPS) is 13.1. The number of anilines is 1. The number of nitrogens with two attached hydrogens (primary N) is 1. The van der Waals surface area contributed by atoms with E-state index in [1.54, 1.807) is 43.3 Å². The van der Waals surface area contributed by atoms with Gasteiger partial charge >= 0.3 is 18.1 Å². The number of carbonyl (C=O) groups is 4. The molecule has 0 aromatic heterocycles. The Bertz CT molecular complexity index is 1100. The number of fused-ring (bicyclic) bond motifs is 2. The molecule has 0 heterocycles. The van der Waals surface area contributed by atoms with Crippen molar-refractivity contribution in [2.45, 2.75) is 38.4 Å². The van der Waals surface area contributed by atoms with E-state index in [1.165, 1.54) is 0 Å². The van der Waals surface area contributed by atoms with Crippen LogP contribution in [0.25, 0.3) is 0 Å². The maximum Gasteiger partial charge on any atom is 0.490 e. The maximum atomic E-state index is 12.9. The first-order valence-electron chi connectivity index (χ1n) is 10.7. The van der Waals surface area contributed by atoms with Crippen molar-refractivity contribution in [1.29, 1.82) is 0 Å². The lowest BCUT2D eigenvalue weighted by Crippen LogP contribution is -2.28. The van der Waals surface area contributed by atoms with Gasteiger partial charge < -0.3 is 20.9 Å². The number of ketones is 2. The number of rotatable bonds is 8. The number of hydrogen-bond acceptors (Lipinski definition) is 7. The minimum absolute atomic E-state index is 0.121. The van der Waals surface area contributed by atoms with E-state index >= 15 is 0 Å². The van der Waals surface area contributed by atoms with E-state index in [0.29, 0.717) is 41.1 Å². The molecule has 4 N–H and O–H groups in total. The standard InChI is InChI=1S/C22H24N2O4.C2HF3O2/c1-14(23)22(27)28-13-6-2-5-12-24-18-11-7-10-17-19(18)21(26)16-9-4-3-8-15(16)20(17)25;3-2(4,5)1(6)7/h3-4,7-11,14,24H,2,5-6,12-13,23H2,1H3;(H,6,7)/t14-;/m1./s1. The van der Waals surface area contributed by atoms with Crippen LogP contribution >= 0.6 is 0 Å². The molecule has 2 aromatic carbocycles. The third-order valence-corrected chi connectivity index (χ3v) is 4.95. The molecule has 188 valence electrons. The van der Waals surface area contributed by atoms with E-state index in [2.05, 4.69) is 5.32 Å². The summed E-state index contributed by atoms with van der Waals surface area (Å²) in [6, 6.07) is 11.6. The van der Waals surface area contributed by atoms with Gasteiger partial charge in [-0.05, 0) is 32.3 Å². The molecule has 0 fully saturated rings. The average Bonchev–Trinajstić information content (AvgIpc) is 2.81. The molecule has 0 aliphatic heterocycles. The molecule has 1 atom stereocenters. The number of hydrogen-bond donors (Lipinski definition) is 3. The predicted molar refractivity (Wildman–Crippen MR) is 120 cm³/mol. The van der Waals surface area contributed by atoms with E-state index in [1.807, 2.05) is 6.07 Å². The van der Waals surface area contributed by atoms with Crippen molar-refractivity contribution in [1.82, 2.24) is 0 Å². The number of benzene rings is 2. The lowest BCUT2D eigenvalue weighted by molar-refractivity contribution is -0.192. The summed E-state index contributed by atoms with van der Waals surface area (Å²) < 4.78 is 36.8. The molecule has 0 saturated heterocycles. The summed E-state index contributed by atoms with van der Waals surface area (Å²) >= 11 is 0. The first kappa shape index (κ1) is 27.5. The smallest absolute Gasteiger partial charge is 0.475 e. The monoisotopic (exact) mass is 494 g/mol. The summed E-state index contributed by atoms with van der Waals surface area (Å²) in [5.74, 6) is -3.40. The minimum Gasteiger partial charge on any atom is -0.475 e. The van der Waals surface area contributed by atoms with Crippen molar-refractivity contribution in [2.75, 3.05) is 18.5 Å². The Hall–Kier alpha value is -3.73. The van der Waals surface area contributed by atoms with Gasteiger partial charge in [-0.25, -0.2) is 4.79 Å². The molecular weight excluding hydrogens is 469 g/mol. The molecule has 1 aliphatic rings. The summed E-state index contributed by atoms with van der Waals surface area (Å²) in [7, 11) is 0. The number of ether oxygens (including phenoxy) is 1. The Morgan fingerprint density at radius 2 is 1.54 bits per heavy atom. The first-order chi connectivity index (χ1) is 16.4. The van der Waals surface area contributed by atoms with Crippen LogP contribution < -0.4 is 11.1 Å². The SMILES string of the molecule is C[C@@H](N)C(=O)OCCCCCNc1cccc2c1C(=O)c1ccccc1C2=O.O=C(O)C(F)(F)F. The fourth-order valence-electron chi connectivity index (χ4n) is 3.22. The fourth-order valence-corrected chi connectivity index (χ4v) is 3.22. The van der Waals surface area contributed by atoms with Crippen LogP contribution in [-0.4, -0.2) is 54.0 Å². The van der Waals surface area contributed by atoms with Crippen LogP contribution in [0.5, 0.6) is 0 Å². The van der Waals surface area contributed by atoms with E-state index in [-0.39, 0.29) is 11.6 Å². The molecule has 0 bridgehead atoms. The van der Waals surface area contributed by atoms with Crippen molar-refractivity contribution in [3.63, 3.8) is 0 Å². The van der Waals surface area contributed by atoms with Gasteiger partial charge in [0.05, 0.1) is 12.2 Å². The number of carboxylic acid groups (broad SMARTS) is 1. The third kappa shape index (κ3) is 7.38. The van der Waals surface area contributed by atoms with Crippen molar-refractivity contribution >= 4 is 29.2 Å². The topological polar surface area (TPSA) is 136 Å². The molecule has 3 rings (SSSR count). The number of esters is 1. The van der Waals surface area contributed by atoms with Gasteiger partial charge in [0.25, 0.3) is 0 Å². The van der Waals surface area contributed by atoms with Gasteiger partial charge in [-0.2, -0.15) is 13.2 Å². The largest absolute Gasteiger partial charge is 0.490 e. The van der Waals surface area contributed by atoms with Gasteiger partial charge in [0.15, 0.2) is 11.6 Å². The van der Waals surface area contributed by atoms with Crippen LogP contribution in [-0.2, 0) is 14.3 Å². The Kier molecular flexibility index (Phi) is 9.52. The number of halogens is 3. The summed E-state index contributed by atoms with van der Waals surface area (Å²) in [5.41, 5.74) is 7.90. The van der Waals surface area contributed by atoms with Gasteiger partial charge in [-0.3, -0.25) is 14.4 Å². The molecule has 2 aromatic rings. The fraction of sp³-hybridized carbons (Fsp3) is 0.333. The molecule has 0 amide bonds. The highest BCUT2D eigenvalue weighted by atomic mass is 19.4. The highest BCUT2D eigenvalue weighted by Gasteiger charge is 2.38. The predicted octanol–water partition coefficient (Wildman–Crippen LogP) is 3.57. The minimum atomic E-state index is -5.08.